The molecule has 0 bridgehead atoms. The van der Waals surface area contributed by atoms with Crippen LogP contribution in [0.3, 0.4) is 0 Å². The van der Waals surface area contributed by atoms with E-state index in [0.717, 1.165) is 22.1 Å². The molecule has 0 radical (unpaired) electrons. The number of aromatic amines is 2. The molecule has 50 heavy (non-hydrogen) atoms. The van der Waals surface area contributed by atoms with Crippen molar-refractivity contribution in [3.8, 4) is 55.6 Å². The van der Waals surface area contributed by atoms with E-state index in [0.29, 0.717) is 0 Å². The molecule has 10 rings (SSSR count). The molecule has 2 heteroatoms. The van der Waals surface area contributed by atoms with Crippen LogP contribution < -0.4 is 0 Å². The first-order chi connectivity index (χ1) is 24.8. The lowest BCUT2D eigenvalue weighted by Crippen LogP contribution is -1.94. The van der Waals surface area contributed by atoms with Crippen molar-refractivity contribution in [1.29, 1.82) is 0 Å². The standard InChI is InChI=1S/C48H32N2/c1-2-15-31(16-3-1)32-17-4-5-18-33(32)34-19-8-9-24-39(34)46-40(29-30-43-38-23-11-13-28-45(38)50-48(43)46)35-20-6-7-21-36(35)41-25-14-26-42-37-22-10-12-27-44(37)49-47(41)42/h1-30,49-50H. The second kappa shape index (κ2) is 11.5. The molecule has 2 N–H and O–H groups in total. The second-order valence-electron chi connectivity index (χ2n) is 13.0. The van der Waals surface area contributed by atoms with Gasteiger partial charge in [-0.3, -0.25) is 0 Å². The largest absolute Gasteiger partial charge is 0.354 e. The number of aromatic nitrogens is 2. The third kappa shape index (κ3) is 4.43. The van der Waals surface area contributed by atoms with E-state index in [-0.39, 0.29) is 0 Å². The lowest BCUT2D eigenvalue weighted by atomic mass is 9.84. The Morgan fingerprint density at radius 1 is 0.240 bits per heavy atom. The number of rotatable bonds is 5. The van der Waals surface area contributed by atoms with Crippen molar-refractivity contribution >= 4 is 43.6 Å². The first kappa shape index (κ1) is 28.4. The second-order valence-corrected chi connectivity index (χ2v) is 13.0. The maximum atomic E-state index is 3.88. The van der Waals surface area contributed by atoms with Crippen LogP contribution in [0, 0.1) is 0 Å². The van der Waals surface area contributed by atoms with Crippen LogP contribution in [0.25, 0.3) is 99.2 Å². The van der Waals surface area contributed by atoms with Crippen LogP contribution in [0.2, 0.25) is 0 Å². The quantitative estimate of drug-likeness (QED) is 0.188. The summed E-state index contributed by atoms with van der Waals surface area (Å²) in [7, 11) is 0. The van der Waals surface area contributed by atoms with Gasteiger partial charge in [0.25, 0.3) is 0 Å². The number of benzene rings is 8. The molecule has 0 unspecified atom stereocenters. The molecule has 10 aromatic rings. The summed E-state index contributed by atoms with van der Waals surface area (Å²) in [5.74, 6) is 0. The lowest BCUT2D eigenvalue weighted by molar-refractivity contribution is 1.51. The molecule has 2 nitrogen and oxygen atoms in total. The molecule has 0 aliphatic carbocycles. The minimum atomic E-state index is 1.14. The molecule has 0 aliphatic heterocycles. The van der Waals surface area contributed by atoms with Gasteiger partial charge in [-0.25, -0.2) is 0 Å². The predicted octanol–water partition coefficient (Wildman–Crippen LogP) is 13.3. The van der Waals surface area contributed by atoms with E-state index in [1.807, 2.05) is 0 Å². The zero-order valence-corrected chi connectivity index (χ0v) is 27.3. The Morgan fingerprint density at radius 2 is 0.680 bits per heavy atom. The highest BCUT2D eigenvalue weighted by Crippen LogP contribution is 2.48. The van der Waals surface area contributed by atoms with Crippen molar-refractivity contribution in [2.24, 2.45) is 0 Å². The lowest BCUT2D eigenvalue weighted by Gasteiger charge is -2.20. The van der Waals surface area contributed by atoms with E-state index in [9.17, 15) is 0 Å². The first-order valence-electron chi connectivity index (χ1n) is 17.2. The fraction of sp³-hybridized carbons (Fsp3) is 0. The van der Waals surface area contributed by atoms with Crippen molar-refractivity contribution in [1.82, 2.24) is 9.97 Å². The minimum Gasteiger partial charge on any atom is -0.354 e. The van der Waals surface area contributed by atoms with Gasteiger partial charge in [-0.1, -0.05) is 170 Å². The highest BCUT2D eigenvalue weighted by molar-refractivity contribution is 6.18. The summed E-state index contributed by atoms with van der Waals surface area (Å²) >= 11 is 0. The average molecular weight is 637 g/mol. The Kier molecular flexibility index (Phi) is 6.53. The zero-order valence-electron chi connectivity index (χ0n) is 27.3. The highest BCUT2D eigenvalue weighted by Gasteiger charge is 2.22. The summed E-state index contributed by atoms with van der Waals surface area (Å²) in [5, 5.41) is 4.93. The van der Waals surface area contributed by atoms with E-state index in [4.69, 9.17) is 0 Å². The number of hydrogen-bond acceptors (Lipinski definition) is 0. The van der Waals surface area contributed by atoms with Crippen LogP contribution in [0.5, 0.6) is 0 Å². The van der Waals surface area contributed by atoms with Crippen molar-refractivity contribution in [2.45, 2.75) is 0 Å². The van der Waals surface area contributed by atoms with Gasteiger partial charge in [-0.15, -0.1) is 0 Å². The topological polar surface area (TPSA) is 31.6 Å². The van der Waals surface area contributed by atoms with Gasteiger partial charge >= 0.3 is 0 Å². The molecule has 0 saturated carbocycles. The molecule has 0 amide bonds. The van der Waals surface area contributed by atoms with Gasteiger partial charge in [0.2, 0.25) is 0 Å². The fourth-order valence-electron chi connectivity index (χ4n) is 8.00. The zero-order chi connectivity index (χ0) is 33.0. The smallest absolute Gasteiger partial charge is 0.0551 e. The third-order valence-electron chi connectivity index (χ3n) is 10.2. The molecule has 0 atom stereocenters. The van der Waals surface area contributed by atoms with Gasteiger partial charge in [-0.2, -0.15) is 0 Å². The van der Waals surface area contributed by atoms with Gasteiger partial charge < -0.3 is 9.97 Å². The fourth-order valence-corrected chi connectivity index (χ4v) is 8.00. The van der Waals surface area contributed by atoms with Gasteiger partial charge in [0.05, 0.1) is 11.0 Å². The van der Waals surface area contributed by atoms with Crippen LogP contribution in [-0.2, 0) is 0 Å². The van der Waals surface area contributed by atoms with Gasteiger partial charge in [0.15, 0.2) is 0 Å². The van der Waals surface area contributed by atoms with Gasteiger partial charge in [-0.05, 0) is 56.6 Å². The van der Waals surface area contributed by atoms with Crippen molar-refractivity contribution < 1.29 is 0 Å². The summed E-state index contributed by atoms with van der Waals surface area (Å²) in [6.07, 6.45) is 0. The molecular formula is C48H32N2. The molecule has 0 saturated heterocycles. The average Bonchev–Trinajstić information content (AvgIpc) is 3.77. The monoisotopic (exact) mass is 636 g/mol. The molecule has 2 aromatic heterocycles. The summed E-state index contributed by atoms with van der Waals surface area (Å²) in [6, 6.07) is 65.8. The SMILES string of the molecule is c1ccc(-c2ccccc2-c2ccccc2-c2c(-c3ccccc3-c3cccc4c3[nH]c3ccccc34)ccc3c2[nH]c2ccccc23)cc1. The maximum absolute atomic E-state index is 3.88. The van der Waals surface area contributed by atoms with E-state index in [2.05, 4.69) is 192 Å². The number of H-pyrrole nitrogens is 2. The highest BCUT2D eigenvalue weighted by atomic mass is 14.7. The normalized spacial score (nSPS) is 11.6. The van der Waals surface area contributed by atoms with Crippen LogP contribution in [0.15, 0.2) is 182 Å². The van der Waals surface area contributed by atoms with E-state index in [1.165, 1.54) is 77.2 Å². The van der Waals surface area contributed by atoms with E-state index < -0.39 is 0 Å². The molecule has 0 fully saturated rings. The summed E-state index contributed by atoms with van der Waals surface area (Å²) in [4.78, 5) is 7.64. The number of hydrogen-bond donors (Lipinski definition) is 2. The van der Waals surface area contributed by atoms with Crippen LogP contribution in [0.4, 0.5) is 0 Å². The Hall–Kier alpha value is -6.64. The predicted molar refractivity (Wildman–Crippen MR) is 212 cm³/mol. The van der Waals surface area contributed by atoms with Crippen LogP contribution in [0.1, 0.15) is 0 Å². The Balaban J connectivity index is 1.29. The molecule has 2 heterocycles. The number of para-hydroxylation sites is 3. The summed E-state index contributed by atoms with van der Waals surface area (Å²) in [6.45, 7) is 0. The van der Waals surface area contributed by atoms with Crippen molar-refractivity contribution in [3.63, 3.8) is 0 Å². The van der Waals surface area contributed by atoms with Crippen molar-refractivity contribution in [3.05, 3.63) is 182 Å². The molecule has 234 valence electrons. The number of fused-ring (bicyclic) bond motifs is 6. The van der Waals surface area contributed by atoms with Crippen LogP contribution in [-0.4, -0.2) is 9.97 Å². The third-order valence-corrected chi connectivity index (χ3v) is 10.2. The van der Waals surface area contributed by atoms with E-state index in [1.54, 1.807) is 0 Å². The van der Waals surface area contributed by atoms with Gasteiger partial charge in [0.1, 0.15) is 0 Å². The maximum Gasteiger partial charge on any atom is 0.0551 e. The van der Waals surface area contributed by atoms with Crippen molar-refractivity contribution in [2.75, 3.05) is 0 Å². The Labute approximate surface area is 290 Å². The molecular weight excluding hydrogens is 605 g/mol. The van der Waals surface area contributed by atoms with E-state index >= 15 is 0 Å². The summed E-state index contributed by atoms with van der Waals surface area (Å²) < 4.78 is 0. The molecule has 0 spiro atoms. The van der Waals surface area contributed by atoms with Gasteiger partial charge in [0, 0.05) is 43.7 Å². The Bertz CT molecular complexity index is 2870. The number of nitrogens with one attached hydrogen (secondary N) is 2. The molecule has 8 aromatic carbocycles. The summed E-state index contributed by atoms with van der Waals surface area (Å²) in [5.41, 5.74) is 16.6. The minimum absolute atomic E-state index is 1.14. The molecule has 0 aliphatic rings. The Morgan fingerprint density at radius 3 is 1.36 bits per heavy atom. The van der Waals surface area contributed by atoms with Crippen LogP contribution >= 0.6 is 0 Å². The first-order valence-corrected chi connectivity index (χ1v) is 17.2.